The summed E-state index contributed by atoms with van der Waals surface area (Å²) in [5.74, 6) is -0.229. The van der Waals surface area contributed by atoms with Gasteiger partial charge in [0.05, 0.1) is 48.9 Å². The zero-order valence-corrected chi connectivity index (χ0v) is 17.9. The lowest BCUT2D eigenvalue weighted by Crippen LogP contribution is -2.33. The molecule has 5 rings (SSSR count). The van der Waals surface area contributed by atoms with Crippen molar-refractivity contribution in [3.8, 4) is 17.5 Å². The number of pyridine rings is 2. The molecule has 3 aromatic heterocycles. The monoisotopic (exact) mass is 436 g/mol. The first-order chi connectivity index (χ1) is 16.1. The Kier molecular flexibility index (Phi) is 5.24. The van der Waals surface area contributed by atoms with Gasteiger partial charge in [0.1, 0.15) is 11.1 Å². The van der Waals surface area contributed by atoms with E-state index >= 15 is 0 Å². The van der Waals surface area contributed by atoms with E-state index in [0.717, 1.165) is 27.7 Å². The number of nitrogens with zero attached hydrogens (tertiary/aromatic N) is 5. The van der Waals surface area contributed by atoms with Gasteiger partial charge in [0.15, 0.2) is 0 Å². The molecule has 0 aliphatic carbocycles. The van der Waals surface area contributed by atoms with Crippen LogP contribution in [0.5, 0.6) is 0 Å². The number of hydrogen-bond donors (Lipinski definition) is 1. The summed E-state index contributed by atoms with van der Waals surface area (Å²) in [5.41, 5.74) is 4.36. The van der Waals surface area contributed by atoms with Gasteiger partial charge in [-0.25, -0.2) is 4.98 Å². The van der Waals surface area contributed by atoms with Crippen molar-refractivity contribution in [2.45, 2.75) is 25.5 Å². The quantitative estimate of drug-likeness (QED) is 0.522. The largest absolute Gasteiger partial charge is 0.375 e. The Morgan fingerprint density at radius 1 is 1.15 bits per heavy atom. The average Bonchev–Trinajstić information content (AvgIpc) is 2.87. The Morgan fingerprint density at radius 2 is 2.06 bits per heavy atom. The van der Waals surface area contributed by atoms with Crippen LogP contribution in [0, 0.1) is 11.3 Å². The van der Waals surface area contributed by atoms with Crippen molar-refractivity contribution in [3.05, 3.63) is 83.6 Å². The summed E-state index contributed by atoms with van der Waals surface area (Å²) in [5, 5.41) is 13.4. The van der Waals surface area contributed by atoms with Gasteiger partial charge in [0.25, 0.3) is 5.91 Å². The second-order valence-corrected chi connectivity index (χ2v) is 8.15. The standard InChI is InChI=1S/C25H20N6O2/c1-25(14-26)15-33-13-18-3-2-16(8-20(18)25)24(32)30-11-19-9-22-17(10-29-19)4-5-21(31-22)23-12-27-6-7-28-23/h2-10,12H,11,13,15H2,1H3,(H,30,32)/t25-/m1/s1. The minimum absolute atomic E-state index is 0.229. The number of hydrogen-bond acceptors (Lipinski definition) is 7. The van der Waals surface area contributed by atoms with Gasteiger partial charge in [-0.05, 0) is 48.4 Å². The maximum Gasteiger partial charge on any atom is 0.251 e. The number of benzene rings is 1. The van der Waals surface area contributed by atoms with Crippen molar-refractivity contribution in [1.82, 2.24) is 25.3 Å². The molecule has 0 saturated carbocycles. The Balaban J connectivity index is 1.35. The van der Waals surface area contributed by atoms with Crippen LogP contribution in [0.1, 0.15) is 34.1 Å². The second kappa shape index (κ2) is 8.37. The third-order valence-electron chi connectivity index (χ3n) is 5.75. The fourth-order valence-corrected chi connectivity index (χ4v) is 3.89. The Bertz CT molecular complexity index is 1400. The normalized spacial score (nSPS) is 17.2. The van der Waals surface area contributed by atoms with Gasteiger partial charge in [-0.1, -0.05) is 6.07 Å². The topological polar surface area (TPSA) is 114 Å². The molecule has 0 spiro atoms. The highest BCUT2D eigenvalue weighted by atomic mass is 16.5. The molecule has 0 saturated heterocycles. The zero-order chi connectivity index (χ0) is 22.8. The van der Waals surface area contributed by atoms with E-state index in [2.05, 4.69) is 31.3 Å². The lowest BCUT2D eigenvalue weighted by atomic mass is 9.79. The van der Waals surface area contributed by atoms with Crippen LogP contribution in [0.4, 0.5) is 0 Å². The second-order valence-electron chi connectivity index (χ2n) is 8.15. The van der Waals surface area contributed by atoms with E-state index in [0.29, 0.717) is 30.2 Å². The van der Waals surface area contributed by atoms with E-state index in [1.165, 1.54) is 0 Å². The lowest BCUT2D eigenvalue weighted by Gasteiger charge is -2.30. The number of fused-ring (bicyclic) bond motifs is 2. The van der Waals surface area contributed by atoms with Crippen LogP contribution in [0.3, 0.4) is 0 Å². The average molecular weight is 436 g/mol. The van der Waals surface area contributed by atoms with E-state index in [-0.39, 0.29) is 12.5 Å². The first-order valence-electron chi connectivity index (χ1n) is 10.5. The molecule has 1 aliphatic heterocycles. The Labute approximate surface area is 190 Å². The molecule has 4 aromatic rings. The summed E-state index contributed by atoms with van der Waals surface area (Å²) in [7, 11) is 0. The zero-order valence-electron chi connectivity index (χ0n) is 17.9. The SMILES string of the molecule is C[C@@]1(C#N)COCc2ccc(C(=O)NCc3cc4nc(-c5cnccn5)ccc4cn3)cc21. The number of carbonyl (C=O) groups excluding carboxylic acids is 1. The summed E-state index contributed by atoms with van der Waals surface area (Å²) < 4.78 is 5.54. The van der Waals surface area contributed by atoms with Gasteiger partial charge in [0, 0.05) is 29.5 Å². The fourth-order valence-electron chi connectivity index (χ4n) is 3.89. The molecule has 0 radical (unpaired) electrons. The summed E-state index contributed by atoms with van der Waals surface area (Å²) >= 11 is 0. The molecule has 8 heteroatoms. The predicted molar refractivity (Wildman–Crippen MR) is 121 cm³/mol. The van der Waals surface area contributed by atoms with Crippen LogP contribution in [0.2, 0.25) is 0 Å². The van der Waals surface area contributed by atoms with Gasteiger partial charge < -0.3 is 10.1 Å². The molecule has 1 atom stereocenters. The first kappa shape index (κ1) is 20.7. The van der Waals surface area contributed by atoms with Gasteiger partial charge in [-0.2, -0.15) is 5.26 Å². The first-order valence-corrected chi connectivity index (χ1v) is 10.5. The number of carbonyl (C=O) groups is 1. The Morgan fingerprint density at radius 3 is 2.88 bits per heavy atom. The molecule has 1 N–H and O–H groups in total. The molecule has 8 nitrogen and oxygen atoms in total. The van der Waals surface area contributed by atoms with E-state index < -0.39 is 5.41 Å². The van der Waals surface area contributed by atoms with E-state index in [9.17, 15) is 10.1 Å². The number of amides is 1. The summed E-state index contributed by atoms with van der Waals surface area (Å²) in [4.78, 5) is 30.3. The van der Waals surface area contributed by atoms with Crippen molar-refractivity contribution >= 4 is 16.8 Å². The van der Waals surface area contributed by atoms with Gasteiger partial charge in [0.2, 0.25) is 0 Å². The number of rotatable bonds is 4. The highest BCUT2D eigenvalue weighted by Gasteiger charge is 2.33. The van der Waals surface area contributed by atoms with E-state index in [1.54, 1.807) is 36.9 Å². The maximum absolute atomic E-state index is 12.8. The molecule has 1 amide bonds. The summed E-state index contributed by atoms with van der Waals surface area (Å²) in [6, 6.07) is 13.4. The molecule has 0 bridgehead atoms. The van der Waals surface area contributed by atoms with Crippen molar-refractivity contribution < 1.29 is 9.53 Å². The number of ether oxygens (including phenoxy) is 1. The van der Waals surface area contributed by atoms with Crippen molar-refractivity contribution in [2.24, 2.45) is 0 Å². The minimum Gasteiger partial charge on any atom is -0.375 e. The van der Waals surface area contributed by atoms with Crippen LogP contribution in [-0.2, 0) is 23.3 Å². The number of nitrogens with one attached hydrogen (secondary N) is 1. The van der Waals surface area contributed by atoms with E-state index in [4.69, 9.17) is 4.74 Å². The molecule has 162 valence electrons. The molecular formula is C25H20N6O2. The smallest absolute Gasteiger partial charge is 0.251 e. The van der Waals surface area contributed by atoms with Gasteiger partial charge >= 0.3 is 0 Å². The molecule has 4 heterocycles. The fraction of sp³-hybridized carbons (Fsp3) is 0.200. The molecule has 1 aliphatic rings. The van der Waals surface area contributed by atoms with Crippen molar-refractivity contribution in [3.63, 3.8) is 0 Å². The molecule has 0 fully saturated rings. The third-order valence-corrected chi connectivity index (χ3v) is 5.75. The van der Waals surface area contributed by atoms with Gasteiger partial charge in [-0.3, -0.25) is 19.7 Å². The van der Waals surface area contributed by atoms with Crippen molar-refractivity contribution in [1.29, 1.82) is 5.26 Å². The van der Waals surface area contributed by atoms with Gasteiger partial charge in [-0.15, -0.1) is 0 Å². The van der Waals surface area contributed by atoms with Crippen LogP contribution in [-0.4, -0.2) is 32.4 Å². The number of nitriles is 1. The van der Waals surface area contributed by atoms with Crippen LogP contribution >= 0.6 is 0 Å². The summed E-state index contributed by atoms with van der Waals surface area (Å²) in [6.45, 7) is 2.83. The highest BCUT2D eigenvalue weighted by molar-refractivity contribution is 5.94. The van der Waals surface area contributed by atoms with E-state index in [1.807, 2.05) is 31.2 Å². The molecular weight excluding hydrogens is 416 g/mol. The maximum atomic E-state index is 12.8. The third kappa shape index (κ3) is 4.02. The molecule has 33 heavy (non-hydrogen) atoms. The molecule has 0 unspecified atom stereocenters. The predicted octanol–water partition coefficient (Wildman–Crippen LogP) is 3.33. The van der Waals surface area contributed by atoms with Crippen LogP contribution in [0.15, 0.2) is 61.2 Å². The number of aromatic nitrogens is 4. The Hall–Kier alpha value is -4.22. The molecule has 1 aromatic carbocycles. The van der Waals surface area contributed by atoms with Crippen LogP contribution in [0.25, 0.3) is 22.3 Å². The minimum atomic E-state index is -0.768. The lowest BCUT2D eigenvalue weighted by molar-refractivity contribution is 0.0757. The van der Waals surface area contributed by atoms with Crippen molar-refractivity contribution in [2.75, 3.05) is 6.61 Å². The van der Waals surface area contributed by atoms with Crippen LogP contribution < -0.4 is 5.32 Å². The summed E-state index contributed by atoms with van der Waals surface area (Å²) in [6.07, 6.45) is 6.65. The highest BCUT2D eigenvalue weighted by Crippen LogP contribution is 2.32.